The second-order valence-corrected chi connectivity index (χ2v) is 15.8. The Morgan fingerprint density at radius 1 is 0.708 bits per heavy atom. The first-order valence-corrected chi connectivity index (χ1v) is 19.2. The number of rotatable bonds is 21. The molecule has 1 aliphatic heterocycles. The molecule has 0 saturated carbocycles. The summed E-state index contributed by atoms with van der Waals surface area (Å²) in [6.45, 7) is 15.1. The van der Waals surface area contributed by atoms with E-state index in [-0.39, 0.29) is 24.9 Å². The summed E-state index contributed by atoms with van der Waals surface area (Å²) < 4.78 is 11.1. The van der Waals surface area contributed by atoms with Gasteiger partial charge in [-0.3, -0.25) is 9.59 Å². The van der Waals surface area contributed by atoms with E-state index in [0.29, 0.717) is 30.7 Å². The predicted molar refractivity (Wildman–Crippen MR) is 193 cm³/mol. The Morgan fingerprint density at radius 2 is 1.17 bits per heavy atom. The van der Waals surface area contributed by atoms with Gasteiger partial charge in [0.2, 0.25) is 5.91 Å². The van der Waals surface area contributed by atoms with Crippen molar-refractivity contribution in [2.75, 3.05) is 13.1 Å². The van der Waals surface area contributed by atoms with Crippen molar-refractivity contribution in [3.63, 3.8) is 0 Å². The lowest BCUT2D eigenvalue weighted by Crippen LogP contribution is -2.69. The third-order valence-corrected chi connectivity index (χ3v) is 8.80. The van der Waals surface area contributed by atoms with E-state index in [1.165, 1.54) is 64.2 Å². The molecule has 4 amide bonds. The summed E-state index contributed by atoms with van der Waals surface area (Å²) in [5.41, 5.74) is 2.80. The van der Waals surface area contributed by atoms with Crippen LogP contribution in [0.4, 0.5) is 9.59 Å². The molecule has 1 aliphatic rings. The Bertz CT molecular complexity index is 932. The third-order valence-electron chi connectivity index (χ3n) is 8.80. The maximum absolute atomic E-state index is 13.9. The fourth-order valence-corrected chi connectivity index (χ4v) is 6.13. The van der Waals surface area contributed by atoms with Crippen LogP contribution in [0.15, 0.2) is 0 Å². The summed E-state index contributed by atoms with van der Waals surface area (Å²) in [5, 5.41) is 2.91. The number of piperidine rings is 1. The van der Waals surface area contributed by atoms with E-state index in [1.807, 2.05) is 11.8 Å². The van der Waals surface area contributed by atoms with Crippen molar-refractivity contribution < 1.29 is 28.7 Å². The SMILES string of the molecule is CCCCCCCCCCCCCCCC(=O)N1CCCCC1CNC(=O)C(N)(CCCC)N(C(=O)OC(C)(C)C)C(=O)OC(C)(C)C. The number of hydrogen-bond acceptors (Lipinski definition) is 7. The van der Waals surface area contributed by atoms with E-state index in [9.17, 15) is 19.2 Å². The number of carbonyl (C=O) groups is 4. The van der Waals surface area contributed by atoms with Gasteiger partial charge in [0.05, 0.1) is 0 Å². The molecule has 0 radical (unpaired) electrons. The molecule has 10 nitrogen and oxygen atoms in total. The highest BCUT2D eigenvalue weighted by atomic mass is 16.6. The van der Waals surface area contributed by atoms with Crippen molar-refractivity contribution in [2.24, 2.45) is 5.73 Å². The molecule has 0 aromatic heterocycles. The monoisotopic (exact) mass is 681 g/mol. The number of ether oxygens (including phenoxy) is 2. The van der Waals surface area contributed by atoms with Gasteiger partial charge in [-0.15, -0.1) is 0 Å². The number of likely N-dealkylation sites (tertiary alicyclic amines) is 1. The predicted octanol–water partition coefficient (Wildman–Crippen LogP) is 8.98. The van der Waals surface area contributed by atoms with Crippen molar-refractivity contribution in [2.45, 2.75) is 207 Å². The van der Waals surface area contributed by atoms with Crippen molar-refractivity contribution >= 4 is 24.0 Å². The zero-order valence-electron chi connectivity index (χ0n) is 32.1. The Kier molecular flexibility index (Phi) is 20.4. The van der Waals surface area contributed by atoms with Crippen molar-refractivity contribution in [1.82, 2.24) is 15.1 Å². The normalized spacial score (nSPS) is 16.6. The van der Waals surface area contributed by atoms with Crippen LogP contribution in [-0.4, -0.2) is 69.8 Å². The Labute approximate surface area is 293 Å². The molecule has 0 aliphatic carbocycles. The molecular formula is C38H72N4O6. The zero-order valence-corrected chi connectivity index (χ0v) is 32.1. The number of carbonyl (C=O) groups excluding carboxylic acids is 4. The number of imide groups is 1. The maximum atomic E-state index is 13.9. The number of nitrogens with one attached hydrogen (secondary N) is 1. The van der Waals surface area contributed by atoms with Gasteiger partial charge >= 0.3 is 12.2 Å². The first-order valence-electron chi connectivity index (χ1n) is 19.2. The molecule has 3 N–H and O–H groups in total. The number of hydrogen-bond donors (Lipinski definition) is 2. The Balaban J connectivity index is 2.77. The second-order valence-electron chi connectivity index (χ2n) is 15.8. The maximum Gasteiger partial charge on any atom is 0.421 e. The number of amides is 4. The molecular weight excluding hydrogens is 608 g/mol. The van der Waals surface area contributed by atoms with Crippen LogP contribution in [0.5, 0.6) is 0 Å². The van der Waals surface area contributed by atoms with Gasteiger partial charge in [-0.2, -0.15) is 4.90 Å². The summed E-state index contributed by atoms with van der Waals surface area (Å²) in [6, 6.07) is -0.177. The first kappa shape index (κ1) is 43.7. The van der Waals surface area contributed by atoms with Crippen molar-refractivity contribution in [3.8, 4) is 0 Å². The van der Waals surface area contributed by atoms with E-state index in [4.69, 9.17) is 15.2 Å². The second kappa shape index (κ2) is 22.4. The van der Waals surface area contributed by atoms with E-state index < -0.39 is 35.0 Å². The van der Waals surface area contributed by atoms with E-state index in [0.717, 1.165) is 38.5 Å². The molecule has 0 spiro atoms. The van der Waals surface area contributed by atoms with Gasteiger partial charge in [0.25, 0.3) is 5.91 Å². The van der Waals surface area contributed by atoms with Gasteiger partial charge in [-0.1, -0.05) is 97.3 Å². The molecule has 1 heterocycles. The molecule has 0 aromatic rings. The summed E-state index contributed by atoms with van der Waals surface area (Å²) in [6.07, 6.45) is 18.6. The average Bonchev–Trinajstić information content (AvgIpc) is 2.99. The van der Waals surface area contributed by atoms with Gasteiger partial charge in [-0.05, 0) is 80.1 Å². The largest absolute Gasteiger partial charge is 0.443 e. The minimum atomic E-state index is -2.04. The van der Waals surface area contributed by atoms with Crippen LogP contribution in [0.2, 0.25) is 0 Å². The minimum Gasteiger partial charge on any atom is -0.443 e. The summed E-state index contributed by atoms with van der Waals surface area (Å²) in [4.78, 5) is 56.5. The lowest BCUT2D eigenvalue weighted by Gasteiger charge is -2.40. The molecule has 48 heavy (non-hydrogen) atoms. The summed E-state index contributed by atoms with van der Waals surface area (Å²) >= 11 is 0. The van der Waals surface area contributed by atoms with Crippen molar-refractivity contribution in [1.29, 1.82) is 0 Å². The molecule has 1 rings (SSSR count). The zero-order chi connectivity index (χ0) is 36.2. The van der Waals surface area contributed by atoms with Crippen LogP contribution in [0.25, 0.3) is 0 Å². The summed E-state index contributed by atoms with van der Waals surface area (Å²) in [7, 11) is 0. The van der Waals surface area contributed by atoms with Gasteiger partial charge in [0, 0.05) is 25.6 Å². The molecule has 0 aromatic carbocycles. The quantitative estimate of drug-likeness (QED) is 0.0914. The summed E-state index contributed by atoms with van der Waals surface area (Å²) in [5.74, 6) is -0.562. The van der Waals surface area contributed by atoms with Crippen LogP contribution in [0.3, 0.4) is 0 Å². The number of unbranched alkanes of at least 4 members (excludes halogenated alkanes) is 13. The molecule has 2 unspecified atom stereocenters. The lowest BCUT2D eigenvalue weighted by atomic mass is 9.98. The number of nitrogens with two attached hydrogens (primary N) is 1. The molecule has 0 bridgehead atoms. The molecule has 280 valence electrons. The molecule has 1 fully saturated rings. The molecule has 1 saturated heterocycles. The highest BCUT2D eigenvalue weighted by molar-refractivity contribution is 5.98. The van der Waals surface area contributed by atoms with E-state index in [1.54, 1.807) is 41.5 Å². The smallest absolute Gasteiger partial charge is 0.421 e. The van der Waals surface area contributed by atoms with Gasteiger partial charge in [0.15, 0.2) is 5.66 Å². The van der Waals surface area contributed by atoms with Crippen molar-refractivity contribution in [3.05, 3.63) is 0 Å². The van der Waals surface area contributed by atoms with Crippen LogP contribution < -0.4 is 11.1 Å². The Hall–Kier alpha value is -2.36. The highest BCUT2D eigenvalue weighted by Gasteiger charge is 2.50. The van der Waals surface area contributed by atoms with Gasteiger partial charge in [-0.25, -0.2) is 9.59 Å². The number of nitrogens with zero attached hydrogens (tertiary/aromatic N) is 2. The van der Waals surface area contributed by atoms with Crippen LogP contribution >= 0.6 is 0 Å². The van der Waals surface area contributed by atoms with E-state index >= 15 is 0 Å². The standard InChI is InChI=1S/C38H72N4O6/c1-9-11-13-14-15-16-17-18-19-20-21-22-23-27-32(43)41-29-25-24-26-31(41)30-40-33(44)38(39,28-12-10-2)42(34(45)47-36(3,4)5)35(46)48-37(6,7)8/h31H,9-30,39H2,1-8H3,(H,40,44). The van der Waals surface area contributed by atoms with Crippen LogP contribution in [0, 0.1) is 0 Å². The van der Waals surface area contributed by atoms with Gasteiger partial charge < -0.3 is 25.4 Å². The van der Waals surface area contributed by atoms with E-state index in [2.05, 4.69) is 12.2 Å². The molecule has 2 atom stereocenters. The Morgan fingerprint density at radius 3 is 1.62 bits per heavy atom. The minimum absolute atomic E-state index is 0.0280. The van der Waals surface area contributed by atoms with Crippen LogP contribution in [-0.2, 0) is 19.1 Å². The topological polar surface area (TPSA) is 131 Å². The van der Waals surface area contributed by atoms with Gasteiger partial charge in [0.1, 0.15) is 11.2 Å². The van der Waals surface area contributed by atoms with Crippen LogP contribution in [0.1, 0.15) is 184 Å². The first-order chi connectivity index (χ1) is 22.6. The third kappa shape index (κ3) is 17.3. The lowest BCUT2D eigenvalue weighted by molar-refractivity contribution is -0.137. The average molecular weight is 681 g/mol. The molecule has 10 heteroatoms. The highest BCUT2D eigenvalue weighted by Crippen LogP contribution is 2.25. The fraction of sp³-hybridized carbons (Fsp3) is 0.895. The fourth-order valence-electron chi connectivity index (χ4n) is 6.13.